The van der Waals surface area contributed by atoms with Gasteiger partial charge < -0.3 is 10.1 Å². The van der Waals surface area contributed by atoms with Gasteiger partial charge in [0.25, 0.3) is 0 Å². The maximum Gasteiger partial charge on any atom is 0.176 e. The number of methoxy groups -OCH3 is 1. The third-order valence-corrected chi connectivity index (χ3v) is 2.31. The summed E-state index contributed by atoms with van der Waals surface area (Å²) >= 11 is 0. The lowest BCUT2D eigenvalue weighted by molar-refractivity contribution is 0.0990. The fourth-order valence-electron chi connectivity index (χ4n) is 1.42. The predicted octanol–water partition coefficient (Wildman–Crippen LogP) is 2.26. The Morgan fingerprint density at radius 2 is 2.18 bits per heavy atom. The van der Waals surface area contributed by atoms with Crippen molar-refractivity contribution < 1.29 is 13.9 Å². The summed E-state index contributed by atoms with van der Waals surface area (Å²) in [5, 5.41) is 3.03. The molecular formula is C13H18FNO2. The molecule has 0 aromatic heterocycles. The van der Waals surface area contributed by atoms with E-state index in [0.717, 1.165) is 6.54 Å². The van der Waals surface area contributed by atoms with Gasteiger partial charge in [0, 0.05) is 5.56 Å². The highest BCUT2D eigenvalue weighted by atomic mass is 19.1. The molecule has 0 saturated heterocycles. The van der Waals surface area contributed by atoms with Gasteiger partial charge >= 0.3 is 0 Å². The van der Waals surface area contributed by atoms with Gasteiger partial charge in [-0.2, -0.15) is 0 Å². The number of ketones is 1. The third kappa shape index (κ3) is 4.15. The van der Waals surface area contributed by atoms with Crippen LogP contribution >= 0.6 is 0 Å². The van der Waals surface area contributed by atoms with Crippen LogP contribution in [0.4, 0.5) is 4.39 Å². The van der Waals surface area contributed by atoms with Crippen LogP contribution in [-0.2, 0) is 0 Å². The number of carbonyl (C=O) groups is 1. The topological polar surface area (TPSA) is 38.3 Å². The summed E-state index contributed by atoms with van der Waals surface area (Å²) in [5.74, 6) is 0.00139. The van der Waals surface area contributed by atoms with E-state index in [1.807, 2.05) is 0 Å². The van der Waals surface area contributed by atoms with Crippen molar-refractivity contribution in [3.05, 3.63) is 29.6 Å². The average molecular weight is 239 g/mol. The van der Waals surface area contributed by atoms with E-state index >= 15 is 0 Å². The van der Waals surface area contributed by atoms with Crippen molar-refractivity contribution in [3.63, 3.8) is 0 Å². The minimum absolute atomic E-state index is 0.118. The van der Waals surface area contributed by atoms with E-state index < -0.39 is 5.82 Å². The maximum atomic E-state index is 13.4. The van der Waals surface area contributed by atoms with Gasteiger partial charge in [-0.15, -0.1) is 0 Å². The highest BCUT2D eigenvalue weighted by molar-refractivity contribution is 5.97. The molecule has 1 aromatic carbocycles. The van der Waals surface area contributed by atoms with Crippen LogP contribution in [-0.4, -0.2) is 26.0 Å². The minimum Gasteiger partial charge on any atom is -0.494 e. The Morgan fingerprint density at radius 1 is 1.47 bits per heavy atom. The molecule has 1 aromatic rings. The fraction of sp³-hybridized carbons (Fsp3) is 0.462. The zero-order chi connectivity index (χ0) is 12.8. The van der Waals surface area contributed by atoms with Crippen LogP contribution in [0.1, 0.15) is 24.2 Å². The Kier molecular flexibility index (Phi) is 5.10. The lowest BCUT2D eigenvalue weighted by atomic mass is 10.1. The molecule has 1 rings (SSSR count). The van der Waals surface area contributed by atoms with E-state index in [4.69, 9.17) is 4.74 Å². The lowest BCUT2D eigenvalue weighted by Gasteiger charge is -2.07. The SMILES string of the molecule is COc1ccc(C(=O)CNCC(C)C)cc1F. The summed E-state index contributed by atoms with van der Waals surface area (Å²) in [5.41, 5.74) is 0.361. The molecule has 0 bridgehead atoms. The Bertz CT molecular complexity index is 391. The summed E-state index contributed by atoms with van der Waals surface area (Å²) in [6, 6.07) is 4.24. The van der Waals surface area contributed by atoms with Crippen LogP contribution in [0.5, 0.6) is 5.75 Å². The lowest BCUT2D eigenvalue weighted by Crippen LogP contribution is -2.26. The van der Waals surface area contributed by atoms with Crippen LogP contribution in [0.3, 0.4) is 0 Å². The third-order valence-electron chi connectivity index (χ3n) is 2.31. The van der Waals surface area contributed by atoms with Gasteiger partial charge in [0.05, 0.1) is 13.7 Å². The number of benzene rings is 1. The quantitative estimate of drug-likeness (QED) is 0.774. The number of Topliss-reactive ketones (excluding diaryl/α,β-unsaturated/α-hetero) is 1. The number of hydrogen-bond acceptors (Lipinski definition) is 3. The highest BCUT2D eigenvalue weighted by Crippen LogP contribution is 2.17. The number of nitrogens with one attached hydrogen (secondary N) is 1. The van der Waals surface area contributed by atoms with Crippen molar-refractivity contribution in [2.45, 2.75) is 13.8 Å². The second-order valence-corrected chi connectivity index (χ2v) is 4.30. The second kappa shape index (κ2) is 6.35. The van der Waals surface area contributed by atoms with E-state index in [9.17, 15) is 9.18 Å². The molecule has 0 spiro atoms. The van der Waals surface area contributed by atoms with Crippen molar-refractivity contribution in [1.82, 2.24) is 5.32 Å². The summed E-state index contributed by atoms with van der Waals surface area (Å²) in [7, 11) is 1.39. The van der Waals surface area contributed by atoms with Crippen molar-refractivity contribution in [2.75, 3.05) is 20.2 Å². The Balaban J connectivity index is 2.60. The molecule has 17 heavy (non-hydrogen) atoms. The molecule has 0 aliphatic rings. The molecule has 0 saturated carbocycles. The number of hydrogen-bond donors (Lipinski definition) is 1. The molecule has 1 N–H and O–H groups in total. The monoisotopic (exact) mass is 239 g/mol. The molecule has 0 aliphatic heterocycles. The molecule has 0 aliphatic carbocycles. The second-order valence-electron chi connectivity index (χ2n) is 4.30. The number of rotatable bonds is 6. The van der Waals surface area contributed by atoms with E-state index in [0.29, 0.717) is 11.5 Å². The van der Waals surface area contributed by atoms with Crippen molar-refractivity contribution >= 4 is 5.78 Å². The highest BCUT2D eigenvalue weighted by Gasteiger charge is 2.09. The largest absolute Gasteiger partial charge is 0.494 e. The summed E-state index contributed by atoms with van der Waals surface area (Å²) < 4.78 is 18.2. The van der Waals surface area contributed by atoms with Gasteiger partial charge in [-0.3, -0.25) is 4.79 Å². The average Bonchev–Trinajstić information content (AvgIpc) is 2.28. The Hall–Kier alpha value is -1.42. The molecule has 3 nitrogen and oxygen atoms in total. The molecule has 0 fully saturated rings. The molecule has 0 atom stereocenters. The molecule has 94 valence electrons. The van der Waals surface area contributed by atoms with E-state index in [1.165, 1.54) is 19.2 Å². The van der Waals surface area contributed by atoms with Crippen molar-refractivity contribution in [1.29, 1.82) is 0 Å². The van der Waals surface area contributed by atoms with E-state index in [1.54, 1.807) is 6.07 Å². The summed E-state index contributed by atoms with van der Waals surface area (Å²) in [6.07, 6.45) is 0. The molecular weight excluding hydrogens is 221 g/mol. The summed E-state index contributed by atoms with van der Waals surface area (Å²) in [4.78, 5) is 11.7. The fourth-order valence-corrected chi connectivity index (χ4v) is 1.42. The van der Waals surface area contributed by atoms with Crippen LogP contribution in [0, 0.1) is 11.7 Å². The van der Waals surface area contributed by atoms with Gasteiger partial charge in [0.15, 0.2) is 17.3 Å². The smallest absolute Gasteiger partial charge is 0.176 e. The standard InChI is InChI=1S/C13H18FNO2/c1-9(2)7-15-8-12(16)10-4-5-13(17-3)11(14)6-10/h4-6,9,15H,7-8H2,1-3H3. The zero-order valence-electron chi connectivity index (χ0n) is 10.4. The van der Waals surface area contributed by atoms with Crippen LogP contribution in [0.25, 0.3) is 0 Å². The first kappa shape index (κ1) is 13.6. The van der Waals surface area contributed by atoms with E-state index in [2.05, 4.69) is 19.2 Å². The maximum absolute atomic E-state index is 13.4. The minimum atomic E-state index is -0.512. The first-order valence-electron chi connectivity index (χ1n) is 5.62. The molecule has 0 heterocycles. The van der Waals surface area contributed by atoms with Crippen LogP contribution in [0.15, 0.2) is 18.2 Å². The summed E-state index contributed by atoms with van der Waals surface area (Å²) in [6.45, 7) is 5.11. The number of ether oxygens (including phenoxy) is 1. The van der Waals surface area contributed by atoms with Gasteiger partial charge in [0.1, 0.15) is 0 Å². The Morgan fingerprint density at radius 3 is 2.71 bits per heavy atom. The normalized spacial score (nSPS) is 10.6. The van der Waals surface area contributed by atoms with Gasteiger partial charge in [-0.1, -0.05) is 13.8 Å². The van der Waals surface area contributed by atoms with Crippen molar-refractivity contribution in [2.24, 2.45) is 5.92 Å². The van der Waals surface area contributed by atoms with Crippen LogP contribution < -0.4 is 10.1 Å². The first-order chi connectivity index (χ1) is 8.04. The zero-order valence-corrected chi connectivity index (χ0v) is 10.4. The van der Waals surface area contributed by atoms with Gasteiger partial charge in [-0.25, -0.2) is 4.39 Å². The molecule has 4 heteroatoms. The van der Waals surface area contributed by atoms with E-state index in [-0.39, 0.29) is 18.1 Å². The molecule has 0 radical (unpaired) electrons. The van der Waals surface area contributed by atoms with Crippen LogP contribution in [0.2, 0.25) is 0 Å². The van der Waals surface area contributed by atoms with Crippen molar-refractivity contribution in [3.8, 4) is 5.75 Å². The Labute approximate surface area is 101 Å². The molecule has 0 unspecified atom stereocenters. The van der Waals surface area contributed by atoms with Gasteiger partial charge in [0.2, 0.25) is 0 Å². The number of carbonyl (C=O) groups excluding carboxylic acids is 1. The first-order valence-corrected chi connectivity index (χ1v) is 5.62. The molecule has 0 amide bonds. The number of halogens is 1. The van der Waals surface area contributed by atoms with Gasteiger partial charge in [-0.05, 0) is 30.7 Å². The predicted molar refractivity (Wildman–Crippen MR) is 65.0 cm³/mol.